The molecule has 0 fully saturated rings. The maximum Gasteiger partial charge on any atom is 0.0934 e. The van der Waals surface area contributed by atoms with E-state index in [1.54, 1.807) is 11.3 Å². The summed E-state index contributed by atoms with van der Waals surface area (Å²) < 4.78 is 0.948. The Morgan fingerprint density at radius 1 is 1.60 bits per heavy atom. The molecule has 1 nitrogen and oxygen atoms in total. The Bertz CT molecular complexity index is 321. The predicted molar refractivity (Wildman–Crippen MR) is 67.9 cm³/mol. The first-order valence-corrected chi connectivity index (χ1v) is 7.02. The number of halogens is 1. The van der Waals surface area contributed by atoms with Crippen molar-refractivity contribution in [2.45, 2.75) is 45.1 Å². The van der Waals surface area contributed by atoms with Crippen LogP contribution in [0.2, 0.25) is 4.34 Å². The molecule has 1 aromatic rings. The lowest BCUT2D eigenvalue weighted by atomic mass is 9.94. The second kappa shape index (κ2) is 5.33. The topological polar surface area (TPSA) is 12.0 Å². The molecule has 0 saturated carbocycles. The van der Waals surface area contributed by atoms with Crippen molar-refractivity contribution in [1.82, 2.24) is 5.32 Å². The molecule has 1 atom stereocenters. The molecule has 2 rings (SSSR count). The SMILES string of the molecule is CCCCNC1CCCc2sc(Cl)cc21. The molecule has 0 amide bonds. The fourth-order valence-electron chi connectivity index (χ4n) is 2.19. The molecule has 84 valence electrons. The van der Waals surface area contributed by atoms with E-state index >= 15 is 0 Å². The molecule has 0 spiro atoms. The molecule has 1 aromatic heterocycles. The summed E-state index contributed by atoms with van der Waals surface area (Å²) in [5, 5.41) is 3.64. The Morgan fingerprint density at radius 3 is 3.27 bits per heavy atom. The summed E-state index contributed by atoms with van der Waals surface area (Å²) in [7, 11) is 0. The molecular weight excluding hydrogens is 226 g/mol. The first-order valence-electron chi connectivity index (χ1n) is 5.82. The van der Waals surface area contributed by atoms with Crippen molar-refractivity contribution in [3.05, 3.63) is 20.8 Å². The maximum absolute atomic E-state index is 6.07. The van der Waals surface area contributed by atoms with Crippen molar-refractivity contribution < 1.29 is 0 Å². The molecule has 0 aliphatic heterocycles. The molecule has 0 saturated heterocycles. The molecule has 0 bridgehead atoms. The average Bonchev–Trinajstić information content (AvgIpc) is 2.59. The van der Waals surface area contributed by atoms with Gasteiger partial charge in [0.15, 0.2) is 0 Å². The molecule has 0 aromatic carbocycles. The average molecular weight is 244 g/mol. The lowest BCUT2D eigenvalue weighted by Crippen LogP contribution is -2.25. The highest BCUT2D eigenvalue weighted by Gasteiger charge is 2.21. The van der Waals surface area contributed by atoms with Gasteiger partial charge >= 0.3 is 0 Å². The van der Waals surface area contributed by atoms with Gasteiger partial charge in [0.2, 0.25) is 0 Å². The van der Waals surface area contributed by atoms with E-state index in [0.29, 0.717) is 6.04 Å². The standard InChI is InChI=1S/C12H18ClNS/c1-2-3-7-14-10-5-4-6-11-9(10)8-12(13)15-11/h8,10,14H,2-7H2,1H3. The van der Waals surface area contributed by atoms with E-state index in [-0.39, 0.29) is 0 Å². The van der Waals surface area contributed by atoms with Crippen molar-refractivity contribution in [1.29, 1.82) is 0 Å². The number of nitrogens with one attached hydrogen (secondary N) is 1. The number of hydrogen-bond acceptors (Lipinski definition) is 2. The second-order valence-corrected chi connectivity index (χ2v) is 5.95. The summed E-state index contributed by atoms with van der Waals surface area (Å²) in [4.78, 5) is 1.50. The molecule has 1 unspecified atom stereocenters. The van der Waals surface area contributed by atoms with Gasteiger partial charge in [0.25, 0.3) is 0 Å². The maximum atomic E-state index is 6.07. The van der Waals surface area contributed by atoms with Gasteiger partial charge < -0.3 is 5.32 Å². The van der Waals surface area contributed by atoms with Gasteiger partial charge in [0.05, 0.1) is 4.34 Å². The van der Waals surface area contributed by atoms with Crippen LogP contribution in [0.5, 0.6) is 0 Å². The number of hydrogen-bond donors (Lipinski definition) is 1. The van der Waals surface area contributed by atoms with Gasteiger partial charge in [-0.05, 0) is 43.9 Å². The minimum absolute atomic E-state index is 0.559. The summed E-state index contributed by atoms with van der Waals surface area (Å²) in [6.45, 7) is 3.36. The Balaban J connectivity index is 2.01. The summed E-state index contributed by atoms with van der Waals surface area (Å²) in [5.74, 6) is 0. The van der Waals surface area contributed by atoms with Gasteiger partial charge in [-0.15, -0.1) is 11.3 Å². The highest BCUT2D eigenvalue weighted by molar-refractivity contribution is 7.16. The number of thiophene rings is 1. The molecule has 1 aliphatic carbocycles. The molecule has 3 heteroatoms. The van der Waals surface area contributed by atoms with Crippen LogP contribution in [-0.4, -0.2) is 6.54 Å². The van der Waals surface area contributed by atoms with Crippen LogP contribution in [-0.2, 0) is 6.42 Å². The van der Waals surface area contributed by atoms with E-state index in [0.717, 1.165) is 10.9 Å². The van der Waals surface area contributed by atoms with E-state index < -0.39 is 0 Å². The van der Waals surface area contributed by atoms with Gasteiger partial charge in [-0.3, -0.25) is 0 Å². The van der Waals surface area contributed by atoms with Crippen LogP contribution in [0.3, 0.4) is 0 Å². The van der Waals surface area contributed by atoms with Crippen molar-refractivity contribution >= 4 is 22.9 Å². The highest BCUT2D eigenvalue weighted by Crippen LogP contribution is 2.37. The normalized spacial score (nSPS) is 20.3. The molecular formula is C12H18ClNS. The first-order chi connectivity index (χ1) is 7.31. The monoisotopic (exact) mass is 243 g/mol. The second-order valence-electron chi connectivity index (χ2n) is 4.18. The van der Waals surface area contributed by atoms with Crippen molar-refractivity contribution in [2.75, 3.05) is 6.54 Å². The smallest absolute Gasteiger partial charge is 0.0934 e. The predicted octanol–water partition coefficient (Wildman–Crippen LogP) is 4.17. The summed E-state index contributed by atoms with van der Waals surface area (Å²) in [6, 6.07) is 2.72. The van der Waals surface area contributed by atoms with E-state index in [1.165, 1.54) is 42.5 Å². The Kier molecular flexibility index (Phi) is 4.06. The lowest BCUT2D eigenvalue weighted by Gasteiger charge is -2.23. The summed E-state index contributed by atoms with van der Waals surface area (Å²) >= 11 is 7.83. The van der Waals surface area contributed by atoms with Gasteiger partial charge in [-0.25, -0.2) is 0 Å². The third kappa shape index (κ3) is 2.74. The first kappa shape index (κ1) is 11.4. The summed E-state index contributed by atoms with van der Waals surface area (Å²) in [5.41, 5.74) is 1.47. The van der Waals surface area contributed by atoms with Crippen molar-refractivity contribution in [3.63, 3.8) is 0 Å². The lowest BCUT2D eigenvalue weighted by molar-refractivity contribution is 0.458. The van der Waals surface area contributed by atoms with Crippen LogP contribution in [0, 0.1) is 0 Å². The van der Waals surface area contributed by atoms with Gasteiger partial charge in [-0.2, -0.15) is 0 Å². The van der Waals surface area contributed by atoms with Gasteiger partial charge in [0.1, 0.15) is 0 Å². The quantitative estimate of drug-likeness (QED) is 0.783. The Morgan fingerprint density at radius 2 is 2.47 bits per heavy atom. The van der Waals surface area contributed by atoms with Gasteiger partial charge in [0, 0.05) is 10.9 Å². The van der Waals surface area contributed by atoms with Crippen LogP contribution < -0.4 is 5.32 Å². The number of fused-ring (bicyclic) bond motifs is 1. The zero-order chi connectivity index (χ0) is 10.7. The van der Waals surface area contributed by atoms with Crippen LogP contribution in [0.1, 0.15) is 49.1 Å². The van der Waals surface area contributed by atoms with Crippen LogP contribution in [0.4, 0.5) is 0 Å². The van der Waals surface area contributed by atoms with Crippen molar-refractivity contribution in [2.24, 2.45) is 0 Å². The number of rotatable bonds is 4. The Hall–Kier alpha value is -0.0500. The largest absolute Gasteiger partial charge is 0.310 e. The number of unbranched alkanes of at least 4 members (excludes halogenated alkanes) is 1. The molecule has 1 aliphatic rings. The van der Waals surface area contributed by atoms with E-state index in [4.69, 9.17) is 11.6 Å². The fourth-order valence-corrected chi connectivity index (χ4v) is 3.57. The van der Waals surface area contributed by atoms with E-state index in [2.05, 4.69) is 18.3 Å². The number of aryl methyl sites for hydroxylation is 1. The minimum atomic E-state index is 0.559. The molecule has 1 heterocycles. The van der Waals surface area contributed by atoms with Gasteiger partial charge in [-0.1, -0.05) is 24.9 Å². The molecule has 1 N–H and O–H groups in total. The zero-order valence-electron chi connectivity index (χ0n) is 9.18. The summed E-state index contributed by atoms with van der Waals surface area (Å²) in [6.07, 6.45) is 6.32. The van der Waals surface area contributed by atoms with Crippen LogP contribution >= 0.6 is 22.9 Å². The van der Waals surface area contributed by atoms with Crippen LogP contribution in [0.15, 0.2) is 6.07 Å². The van der Waals surface area contributed by atoms with Crippen molar-refractivity contribution in [3.8, 4) is 0 Å². The van der Waals surface area contributed by atoms with E-state index in [1.807, 2.05) is 0 Å². The fraction of sp³-hybridized carbons (Fsp3) is 0.667. The highest BCUT2D eigenvalue weighted by atomic mass is 35.5. The zero-order valence-corrected chi connectivity index (χ0v) is 10.8. The van der Waals surface area contributed by atoms with E-state index in [9.17, 15) is 0 Å². The van der Waals surface area contributed by atoms with Crippen LogP contribution in [0.25, 0.3) is 0 Å². The third-order valence-electron chi connectivity index (χ3n) is 3.00. The molecule has 0 radical (unpaired) electrons. The minimum Gasteiger partial charge on any atom is -0.310 e. The third-order valence-corrected chi connectivity index (χ3v) is 4.34. The molecule has 15 heavy (non-hydrogen) atoms. The Labute approximate surface area is 101 Å².